The van der Waals surface area contributed by atoms with E-state index in [-0.39, 0.29) is 17.8 Å². The summed E-state index contributed by atoms with van der Waals surface area (Å²) < 4.78 is 0. The summed E-state index contributed by atoms with van der Waals surface area (Å²) in [4.78, 5) is 48.5. The summed E-state index contributed by atoms with van der Waals surface area (Å²) in [6, 6.07) is 8.59. The van der Waals surface area contributed by atoms with E-state index in [9.17, 15) is 29.6 Å². The number of phenols is 1. The van der Waals surface area contributed by atoms with Crippen LogP contribution in [0.3, 0.4) is 0 Å². The normalized spacial score (nSPS) is 16.2. The Morgan fingerprint density at radius 3 is 2.59 bits per heavy atom. The molecule has 2 N–H and O–H groups in total. The quantitative estimate of drug-likeness (QED) is 0.434. The standard InChI is InChI=1S/C19H17N3O6S/c1-10-3-6-14(11(2)7-10)21-18(25)16(29-19(21)26)9-17(24)20-13-5-4-12(22(27)28)8-15(13)23/h3-8,16,23H,9H2,1-2H3,(H,20,24). The molecule has 0 bridgehead atoms. The topological polar surface area (TPSA) is 130 Å². The molecule has 2 aromatic carbocycles. The fraction of sp³-hybridized carbons (Fsp3) is 0.211. The van der Waals surface area contributed by atoms with Crippen LogP contribution in [-0.4, -0.2) is 32.3 Å². The van der Waals surface area contributed by atoms with E-state index in [4.69, 9.17) is 0 Å². The molecule has 0 spiro atoms. The van der Waals surface area contributed by atoms with Crippen LogP contribution in [0.2, 0.25) is 0 Å². The number of hydrogen-bond donors (Lipinski definition) is 2. The summed E-state index contributed by atoms with van der Waals surface area (Å²) in [5, 5.41) is 21.6. The number of nitro benzene ring substituents is 1. The number of thioether (sulfide) groups is 1. The number of rotatable bonds is 5. The van der Waals surface area contributed by atoms with Gasteiger partial charge in [-0.05, 0) is 43.3 Å². The van der Waals surface area contributed by atoms with Gasteiger partial charge in [-0.15, -0.1) is 0 Å². The van der Waals surface area contributed by atoms with Crippen molar-refractivity contribution in [1.82, 2.24) is 0 Å². The predicted octanol–water partition coefficient (Wildman–Crippen LogP) is 3.51. The summed E-state index contributed by atoms with van der Waals surface area (Å²) in [5.41, 5.74) is 1.91. The van der Waals surface area contributed by atoms with Crippen LogP contribution >= 0.6 is 11.8 Å². The minimum absolute atomic E-state index is 0.0198. The first-order valence-corrected chi connectivity index (χ1v) is 9.44. The molecule has 3 rings (SSSR count). The van der Waals surface area contributed by atoms with Gasteiger partial charge in [-0.3, -0.25) is 24.5 Å². The number of nitrogens with one attached hydrogen (secondary N) is 1. The Labute approximate surface area is 169 Å². The summed E-state index contributed by atoms with van der Waals surface area (Å²) in [6.07, 6.45) is -0.285. The lowest BCUT2D eigenvalue weighted by molar-refractivity contribution is -0.384. The molecule has 0 radical (unpaired) electrons. The van der Waals surface area contributed by atoms with Gasteiger partial charge >= 0.3 is 0 Å². The molecule has 1 fully saturated rings. The third-order valence-corrected chi connectivity index (χ3v) is 5.39. The van der Waals surface area contributed by atoms with E-state index in [1.165, 1.54) is 6.07 Å². The van der Waals surface area contributed by atoms with Crippen molar-refractivity contribution in [3.63, 3.8) is 0 Å². The van der Waals surface area contributed by atoms with E-state index in [1.807, 2.05) is 13.0 Å². The van der Waals surface area contributed by atoms with E-state index in [0.717, 1.165) is 39.9 Å². The van der Waals surface area contributed by atoms with Crippen molar-refractivity contribution in [2.75, 3.05) is 10.2 Å². The third-order valence-electron chi connectivity index (χ3n) is 4.35. The average molecular weight is 415 g/mol. The molecule has 10 heteroatoms. The van der Waals surface area contributed by atoms with Gasteiger partial charge in [0.15, 0.2) is 0 Å². The zero-order valence-corrected chi connectivity index (χ0v) is 16.4. The first-order valence-electron chi connectivity index (χ1n) is 8.56. The number of non-ortho nitro benzene ring substituents is 1. The summed E-state index contributed by atoms with van der Waals surface area (Å²) >= 11 is 0.764. The summed E-state index contributed by atoms with van der Waals surface area (Å²) in [5.74, 6) is -1.56. The summed E-state index contributed by atoms with van der Waals surface area (Å²) in [6.45, 7) is 3.70. The summed E-state index contributed by atoms with van der Waals surface area (Å²) in [7, 11) is 0. The Hall–Kier alpha value is -3.40. The van der Waals surface area contributed by atoms with Gasteiger partial charge in [0.05, 0.1) is 22.4 Å². The molecule has 29 heavy (non-hydrogen) atoms. The van der Waals surface area contributed by atoms with Crippen molar-refractivity contribution < 1.29 is 24.4 Å². The number of anilines is 2. The first-order chi connectivity index (χ1) is 13.7. The number of nitrogens with zero attached hydrogens (tertiary/aromatic N) is 2. The van der Waals surface area contributed by atoms with Crippen molar-refractivity contribution >= 4 is 45.9 Å². The van der Waals surface area contributed by atoms with Gasteiger partial charge < -0.3 is 10.4 Å². The SMILES string of the molecule is Cc1ccc(N2C(=O)SC(CC(=O)Nc3ccc([N+](=O)[O-])cc3O)C2=O)c(C)c1. The highest BCUT2D eigenvalue weighted by atomic mass is 32.2. The molecule has 0 aliphatic carbocycles. The number of aryl methyl sites for hydroxylation is 2. The van der Waals surface area contributed by atoms with Crippen molar-refractivity contribution in [3.05, 3.63) is 57.6 Å². The molecule has 1 saturated heterocycles. The predicted molar refractivity (Wildman–Crippen MR) is 108 cm³/mol. The lowest BCUT2D eigenvalue weighted by atomic mass is 10.1. The fourth-order valence-corrected chi connectivity index (χ4v) is 3.95. The maximum Gasteiger partial charge on any atom is 0.293 e. The number of imide groups is 1. The van der Waals surface area contributed by atoms with Crippen LogP contribution in [0, 0.1) is 24.0 Å². The molecular weight excluding hydrogens is 398 g/mol. The average Bonchev–Trinajstić information content (AvgIpc) is 2.90. The number of hydrogen-bond acceptors (Lipinski definition) is 7. The van der Waals surface area contributed by atoms with Gasteiger partial charge in [0.2, 0.25) is 11.8 Å². The molecule has 1 unspecified atom stereocenters. The largest absolute Gasteiger partial charge is 0.506 e. The van der Waals surface area contributed by atoms with Gasteiger partial charge in [-0.1, -0.05) is 17.7 Å². The van der Waals surface area contributed by atoms with E-state index in [0.29, 0.717) is 5.69 Å². The zero-order valence-electron chi connectivity index (χ0n) is 15.5. The molecule has 1 aliphatic heterocycles. The second kappa shape index (κ2) is 7.92. The highest BCUT2D eigenvalue weighted by Gasteiger charge is 2.42. The number of benzene rings is 2. The second-order valence-corrected chi connectivity index (χ2v) is 7.70. The maximum absolute atomic E-state index is 12.7. The highest BCUT2D eigenvalue weighted by Crippen LogP contribution is 2.36. The van der Waals surface area contributed by atoms with Crippen LogP contribution in [0.5, 0.6) is 5.75 Å². The number of carbonyl (C=O) groups is 3. The number of phenolic OH excluding ortho intramolecular Hbond substituents is 1. The lowest BCUT2D eigenvalue weighted by Gasteiger charge is -2.17. The molecular formula is C19H17N3O6S. The Balaban J connectivity index is 1.71. The van der Waals surface area contributed by atoms with E-state index in [1.54, 1.807) is 19.1 Å². The number of amides is 3. The smallest absolute Gasteiger partial charge is 0.293 e. The maximum atomic E-state index is 12.7. The van der Waals surface area contributed by atoms with Crippen molar-refractivity contribution in [2.45, 2.75) is 25.5 Å². The Morgan fingerprint density at radius 2 is 1.97 bits per heavy atom. The van der Waals surface area contributed by atoms with Crippen molar-refractivity contribution in [3.8, 4) is 5.75 Å². The zero-order chi connectivity index (χ0) is 21.3. The minimum Gasteiger partial charge on any atom is -0.506 e. The van der Waals surface area contributed by atoms with Crippen LogP contribution in [-0.2, 0) is 9.59 Å². The van der Waals surface area contributed by atoms with E-state index in [2.05, 4.69) is 5.32 Å². The Morgan fingerprint density at radius 1 is 1.24 bits per heavy atom. The molecule has 0 aromatic heterocycles. The number of nitro groups is 1. The molecule has 1 atom stereocenters. The van der Waals surface area contributed by atoms with Crippen molar-refractivity contribution in [1.29, 1.82) is 0 Å². The molecule has 150 valence electrons. The van der Waals surface area contributed by atoms with Crippen LogP contribution in [0.15, 0.2) is 36.4 Å². The van der Waals surface area contributed by atoms with E-state index < -0.39 is 33.0 Å². The lowest BCUT2D eigenvalue weighted by Crippen LogP contribution is -2.33. The molecule has 1 heterocycles. The van der Waals surface area contributed by atoms with Crippen LogP contribution in [0.25, 0.3) is 0 Å². The van der Waals surface area contributed by atoms with Gasteiger partial charge in [0.25, 0.3) is 10.9 Å². The molecule has 3 amide bonds. The van der Waals surface area contributed by atoms with Crippen molar-refractivity contribution in [2.24, 2.45) is 0 Å². The van der Waals surface area contributed by atoms with Crippen LogP contribution in [0.4, 0.5) is 21.9 Å². The third kappa shape index (κ3) is 4.21. The Kier molecular flexibility index (Phi) is 5.55. The van der Waals surface area contributed by atoms with Gasteiger partial charge in [-0.25, -0.2) is 4.90 Å². The molecule has 0 saturated carbocycles. The van der Waals surface area contributed by atoms with E-state index >= 15 is 0 Å². The Bertz CT molecular complexity index is 1040. The molecule has 2 aromatic rings. The van der Waals surface area contributed by atoms with Gasteiger partial charge in [-0.2, -0.15) is 0 Å². The van der Waals surface area contributed by atoms with Crippen LogP contribution in [0.1, 0.15) is 17.5 Å². The monoisotopic (exact) mass is 415 g/mol. The van der Waals surface area contributed by atoms with Gasteiger partial charge in [0.1, 0.15) is 11.0 Å². The highest BCUT2D eigenvalue weighted by molar-refractivity contribution is 8.15. The van der Waals surface area contributed by atoms with Gasteiger partial charge in [0, 0.05) is 12.5 Å². The number of carbonyl (C=O) groups excluding carboxylic acids is 3. The molecule has 9 nitrogen and oxygen atoms in total. The molecule has 1 aliphatic rings. The van der Waals surface area contributed by atoms with Crippen LogP contribution < -0.4 is 10.2 Å². The first kappa shape index (κ1) is 20.3. The number of aromatic hydroxyl groups is 1. The fourth-order valence-electron chi connectivity index (χ4n) is 2.97. The second-order valence-electron chi connectivity index (χ2n) is 6.55. The minimum atomic E-state index is -0.900.